The third-order valence-electron chi connectivity index (χ3n) is 3.81. The lowest BCUT2D eigenvalue weighted by Gasteiger charge is -2.16. The van der Waals surface area contributed by atoms with Gasteiger partial charge in [0.1, 0.15) is 0 Å². The van der Waals surface area contributed by atoms with E-state index < -0.39 is 12.8 Å². The van der Waals surface area contributed by atoms with Crippen LogP contribution in [0.25, 0.3) is 0 Å². The van der Waals surface area contributed by atoms with Gasteiger partial charge < -0.3 is 15.4 Å². The zero-order chi connectivity index (χ0) is 19.7. The molecule has 0 saturated heterocycles. The lowest BCUT2D eigenvalue weighted by molar-refractivity contribution is -0.154. The Kier molecular flexibility index (Phi) is 10.0. The lowest BCUT2D eigenvalue weighted by Crippen LogP contribution is -2.38. The quantitative estimate of drug-likeness (QED) is 0.336. The van der Waals surface area contributed by atoms with E-state index in [1.165, 1.54) is 17.8 Å². The van der Waals surface area contributed by atoms with Crippen LogP contribution in [0.3, 0.4) is 0 Å². The number of pyridine rings is 1. The summed E-state index contributed by atoms with van der Waals surface area (Å²) in [5, 5.41) is 6.40. The third kappa shape index (κ3) is 8.77. The average Bonchev–Trinajstić information content (AvgIpc) is 2.67. The summed E-state index contributed by atoms with van der Waals surface area (Å²) in [4.78, 5) is 8.04. The maximum absolute atomic E-state index is 12.1. The summed E-state index contributed by atoms with van der Waals surface area (Å²) >= 11 is 0. The number of alkyl halides is 3. The van der Waals surface area contributed by atoms with Crippen LogP contribution >= 0.6 is 24.0 Å². The van der Waals surface area contributed by atoms with Gasteiger partial charge in [0.2, 0.25) is 5.88 Å². The number of rotatable bonds is 7. The molecule has 1 atom stereocenters. The number of ether oxygens (including phenoxy) is 1. The molecule has 1 unspecified atom stereocenters. The molecule has 0 amide bonds. The number of benzene rings is 1. The maximum atomic E-state index is 12.1. The van der Waals surface area contributed by atoms with Crippen LogP contribution < -0.4 is 15.4 Å². The van der Waals surface area contributed by atoms with Crippen LogP contribution in [0.2, 0.25) is 0 Å². The minimum Gasteiger partial charge on any atom is -0.468 e. The second-order valence-corrected chi connectivity index (χ2v) is 6.03. The molecule has 0 spiro atoms. The Morgan fingerprint density at radius 2 is 1.86 bits per heavy atom. The Morgan fingerprint density at radius 1 is 1.14 bits per heavy atom. The molecule has 0 bridgehead atoms. The zero-order valence-corrected chi connectivity index (χ0v) is 18.0. The van der Waals surface area contributed by atoms with Crippen molar-refractivity contribution in [1.29, 1.82) is 0 Å². The number of hydrogen-bond acceptors (Lipinski definition) is 3. The van der Waals surface area contributed by atoms with E-state index in [4.69, 9.17) is 0 Å². The average molecular weight is 508 g/mol. The van der Waals surface area contributed by atoms with E-state index in [9.17, 15) is 13.2 Å². The highest BCUT2D eigenvalue weighted by Gasteiger charge is 2.28. The van der Waals surface area contributed by atoms with Gasteiger partial charge in [-0.2, -0.15) is 13.2 Å². The molecule has 1 heterocycles. The van der Waals surface area contributed by atoms with Crippen LogP contribution in [-0.4, -0.2) is 37.3 Å². The van der Waals surface area contributed by atoms with Crippen molar-refractivity contribution in [3.8, 4) is 5.88 Å². The van der Waals surface area contributed by atoms with E-state index >= 15 is 0 Å². The molecule has 1 aromatic heterocycles. The highest BCUT2D eigenvalue weighted by atomic mass is 127. The number of aromatic nitrogens is 1. The van der Waals surface area contributed by atoms with Crippen molar-refractivity contribution in [1.82, 2.24) is 15.6 Å². The second kappa shape index (κ2) is 11.7. The second-order valence-electron chi connectivity index (χ2n) is 6.03. The van der Waals surface area contributed by atoms with Crippen LogP contribution in [0.1, 0.15) is 24.0 Å². The number of aliphatic imine (C=N–C) groups is 1. The Hall–Kier alpha value is -2.04. The van der Waals surface area contributed by atoms with Crippen LogP contribution in [0.4, 0.5) is 13.2 Å². The first-order chi connectivity index (χ1) is 12.9. The van der Waals surface area contributed by atoms with E-state index in [2.05, 4.69) is 44.4 Å². The molecule has 154 valence electrons. The third-order valence-corrected chi connectivity index (χ3v) is 3.81. The molecule has 0 radical (unpaired) electrons. The summed E-state index contributed by atoms with van der Waals surface area (Å²) in [5.74, 6) is 0.891. The smallest absolute Gasteiger partial charge is 0.422 e. The largest absolute Gasteiger partial charge is 0.468 e. The molecule has 2 rings (SSSR count). The molecule has 1 aromatic carbocycles. The van der Waals surface area contributed by atoms with E-state index in [1.807, 2.05) is 18.2 Å². The van der Waals surface area contributed by atoms with Crippen LogP contribution in [0, 0.1) is 0 Å². The van der Waals surface area contributed by atoms with Gasteiger partial charge in [0, 0.05) is 32.4 Å². The van der Waals surface area contributed by atoms with Gasteiger partial charge in [0.15, 0.2) is 12.6 Å². The number of nitrogens with one attached hydrogen (secondary N) is 2. The van der Waals surface area contributed by atoms with Crippen molar-refractivity contribution in [3.63, 3.8) is 0 Å². The molecule has 0 saturated carbocycles. The molecule has 0 aliphatic rings. The number of nitrogens with zero attached hydrogens (tertiary/aromatic N) is 2. The first kappa shape index (κ1) is 24.0. The minimum atomic E-state index is -4.38. The van der Waals surface area contributed by atoms with Crippen molar-refractivity contribution < 1.29 is 17.9 Å². The van der Waals surface area contributed by atoms with Gasteiger partial charge in [0.05, 0.1) is 0 Å². The summed E-state index contributed by atoms with van der Waals surface area (Å²) in [6, 6.07) is 13.2. The molecule has 0 aliphatic carbocycles. The van der Waals surface area contributed by atoms with E-state index in [1.54, 1.807) is 13.1 Å². The molecule has 0 aliphatic heterocycles. The highest BCUT2D eigenvalue weighted by molar-refractivity contribution is 14.0. The normalized spacial score (nSPS) is 12.7. The van der Waals surface area contributed by atoms with E-state index in [0.29, 0.717) is 25.0 Å². The molecule has 2 aromatic rings. The van der Waals surface area contributed by atoms with Gasteiger partial charge in [-0.05, 0) is 17.0 Å². The van der Waals surface area contributed by atoms with Crippen LogP contribution in [0.15, 0.2) is 53.7 Å². The van der Waals surface area contributed by atoms with E-state index in [0.717, 1.165) is 5.56 Å². The van der Waals surface area contributed by atoms with Crippen molar-refractivity contribution in [2.24, 2.45) is 4.99 Å². The number of hydrogen-bond donors (Lipinski definition) is 2. The van der Waals surface area contributed by atoms with Crippen molar-refractivity contribution >= 4 is 29.9 Å². The monoisotopic (exact) mass is 508 g/mol. The minimum absolute atomic E-state index is 0. The van der Waals surface area contributed by atoms with Gasteiger partial charge in [-0.25, -0.2) is 4.98 Å². The first-order valence-corrected chi connectivity index (χ1v) is 8.51. The zero-order valence-electron chi connectivity index (χ0n) is 15.7. The molecule has 5 nitrogen and oxygen atoms in total. The number of guanidine groups is 1. The Morgan fingerprint density at radius 3 is 2.43 bits per heavy atom. The Bertz CT molecular complexity index is 724. The van der Waals surface area contributed by atoms with Crippen molar-refractivity contribution in [2.45, 2.75) is 25.6 Å². The van der Waals surface area contributed by atoms with Crippen LogP contribution in [-0.2, 0) is 6.54 Å². The molecule has 9 heteroatoms. The Labute approximate surface area is 179 Å². The Balaban J connectivity index is 0.00000392. The van der Waals surface area contributed by atoms with E-state index in [-0.39, 0.29) is 29.9 Å². The number of halogens is 4. The summed E-state index contributed by atoms with van der Waals surface area (Å²) < 4.78 is 41.0. The fraction of sp³-hybridized carbons (Fsp3) is 0.368. The summed E-state index contributed by atoms with van der Waals surface area (Å²) in [6.07, 6.45) is -2.91. The SMILES string of the molecule is CN=C(NCc1ccc(OCC(F)(F)F)nc1)NCC(C)c1ccccc1.I. The summed E-state index contributed by atoms with van der Waals surface area (Å²) in [7, 11) is 1.68. The maximum Gasteiger partial charge on any atom is 0.422 e. The van der Waals surface area contributed by atoms with Gasteiger partial charge in [0.25, 0.3) is 0 Å². The van der Waals surface area contributed by atoms with Gasteiger partial charge in [-0.1, -0.05) is 43.3 Å². The fourth-order valence-electron chi connectivity index (χ4n) is 2.31. The molecular weight excluding hydrogens is 484 g/mol. The topological polar surface area (TPSA) is 58.5 Å². The lowest BCUT2D eigenvalue weighted by atomic mass is 10.0. The van der Waals surface area contributed by atoms with Crippen LogP contribution in [0.5, 0.6) is 5.88 Å². The molecular formula is C19H24F3IN4O. The van der Waals surface area contributed by atoms with Crippen molar-refractivity contribution in [2.75, 3.05) is 20.2 Å². The summed E-state index contributed by atoms with van der Waals surface area (Å²) in [5.41, 5.74) is 2.03. The predicted molar refractivity (Wildman–Crippen MR) is 114 cm³/mol. The summed E-state index contributed by atoms with van der Waals surface area (Å²) in [6.45, 7) is 1.92. The van der Waals surface area contributed by atoms with Crippen molar-refractivity contribution in [3.05, 3.63) is 59.8 Å². The van der Waals surface area contributed by atoms with Gasteiger partial charge >= 0.3 is 6.18 Å². The predicted octanol–water partition coefficient (Wildman–Crippen LogP) is 4.11. The highest BCUT2D eigenvalue weighted by Crippen LogP contribution is 2.17. The van der Waals surface area contributed by atoms with Gasteiger partial charge in [-0.15, -0.1) is 24.0 Å². The molecule has 0 fully saturated rings. The molecule has 28 heavy (non-hydrogen) atoms. The fourth-order valence-corrected chi connectivity index (χ4v) is 2.31. The van der Waals surface area contributed by atoms with Gasteiger partial charge in [-0.3, -0.25) is 4.99 Å². The first-order valence-electron chi connectivity index (χ1n) is 8.51. The molecule has 2 N–H and O–H groups in total. The standard InChI is InChI=1S/C19H23F3N4O.HI/c1-14(16-6-4-3-5-7-16)10-25-18(23-2)26-12-15-8-9-17(24-11-15)27-13-19(20,21)22;/h3-9,11,14H,10,12-13H2,1-2H3,(H2,23,25,26);1H.